The van der Waals surface area contributed by atoms with Crippen LogP contribution in [0.5, 0.6) is 0 Å². The number of nitrogens with zero attached hydrogens (tertiary/aromatic N) is 2. The van der Waals surface area contributed by atoms with Crippen molar-refractivity contribution in [3.63, 3.8) is 0 Å². The molecule has 1 aromatic heterocycles. The summed E-state index contributed by atoms with van der Waals surface area (Å²) in [5, 5.41) is 5.81. The zero-order valence-electron chi connectivity index (χ0n) is 30.2. The first-order valence-electron chi connectivity index (χ1n) is 18.9. The van der Waals surface area contributed by atoms with Crippen molar-refractivity contribution in [3.05, 3.63) is 216 Å². The molecule has 0 saturated heterocycles. The lowest BCUT2D eigenvalue weighted by atomic mass is 9.89. The molecule has 0 bridgehead atoms. The molecule has 1 atom stereocenters. The van der Waals surface area contributed by atoms with Crippen molar-refractivity contribution in [2.24, 2.45) is 9.98 Å². The first kappa shape index (κ1) is 32.6. The van der Waals surface area contributed by atoms with Crippen LogP contribution in [-0.2, 0) is 0 Å². The molecule has 10 rings (SSSR count). The topological polar surface area (TPSA) is 49.9 Å². The highest BCUT2D eigenvalue weighted by Crippen LogP contribution is 2.38. The average Bonchev–Trinajstić information content (AvgIpc) is 3.66. The minimum absolute atomic E-state index is 0.309. The first-order chi connectivity index (χ1) is 27.2. The van der Waals surface area contributed by atoms with Gasteiger partial charge in [-0.2, -0.15) is 0 Å². The molecule has 0 spiro atoms. The van der Waals surface area contributed by atoms with Crippen LogP contribution in [0.3, 0.4) is 0 Å². The van der Waals surface area contributed by atoms with E-state index in [1.165, 1.54) is 33.4 Å². The highest BCUT2D eigenvalue weighted by atomic mass is 16.3. The van der Waals surface area contributed by atoms with Gasteiger partial charge in [-0.15, -0.1) is 0 Å². The van der Waals surface area contributed by atoms with Crippen molar-refractivity contribution in [2.45, 2.75) is 19.0 Å². The van der Waals surface area contributed by atoms with E-state index in [2.05, 4.69) is 169 Å². The molecule has 0 amide bonds. The summed E-state index contributed by atoms with van der Waals surface area (Å²) in [7, 11) is 0. The summed E-state index contributed by atoms with van der Waals surface area (Å²) in [5.41, 5.74) is 14.7. The summed E-state index contributed by atoms with van der Waals surface area (Å²) in [6.45, 7) is 0. The van der Waals surface area contributed by atoms with Crippen molar-refractivity contribution in [2.75, 3.05) is 0 Å². The van der Waals surface area contributed by atoms with Gasteiger partial charge in [0.2, 0.25) is 0 Å². The molecule has 0 fully saturated rings. The van der Waals surface area contributed by atoms with Crippen molar-refractivity contribution >= 4 is 44.8 Å². The molecule has 4 heteroatoms. The molecule has 0 saturated carbocycles. The highest BCUT2D eigenvalue weighted by Gasteiger charge is 2.24. The Balaban J connectivity index is 1.02. The van der Waals surface area contributed by atoms with Gasteiger partial charge in [0.25, 0.3) is 0 Å². The molecule has 0 radical (unpaired) electrons. The average molecular weight is 708 g/mol. The fraction of sp³-hybridized carbons (Fsp3) is 0.0588. The van der Waals surface area contributed by atoms with Crippen LogP contribution >= 0.6 is 0 Å². The van der Waals surface area contributed by atoms with Gasteiger partial charge in [0, 0.05) is 21.9 Å². The summed E-state index contributed by atoms with van der Waals surface area (Å²) >= 11 is 0. The van der Waals surface area contributed by atoms with E-state index >= 15 is 0 Å². The Morgan fingerprint density at radius 3 is 1.78 bits per heavy atom. The fourth-order valence-electron chi connectivity index (χ4n) is 7.84. The van der Waals surface area contributed by atoms with E-state index in [-0.39, 0.29) is 6.17 Å². The Bertz CT molecular complexity index is 2810. The normalized spacial score (nSPS) is 15.5. The number of nitrogens with one attached hydrogen (secondary N) is 1. The Labute approximate surface area is 320 Å². The van der Waals surface area contributed by atoms with Gasteiger partial charge in [-0.25, -0.2) is 9.98 Å². The van der Waals surface area contributed by atoms with Crippen molar-refractivity contribution in [1.29, 1.82) is 0 Å². The molecular formula is C51H37N3O. The third-order valence-electron chi connectivity index (χ3n) is 10.7. The molecule has 262 valence electrons. The number of furan rings is 1. The predicted octanol–water partition coefficient (Wildman–Crippen LogP) is 12.7. The maximum Gasteiger partial charge on any atom is 0.159 e. The largest absolute Gasteiger partial charge is 0.456 e. The molecule has 4 nitrogen and oxygen atoms in total. The van der Waals surface area contributed by atoms with Crippen molar-refractivity contribution in [1.82, 2.24) is 5.32 Å². The Hall–Kier alpha value is -7.04. The summed E-state index contributed by atoms with van der Waals surface area (Å²) in [5.74, 6) is 1.46. The molecule has 1 N–H and O–H groups in total. The monoisotopic (exact) mass is 707 g/mol. The Kier molecular flexibility index (Phi) is 8.34. The lowest BCUT2D eigenvalue weighted by molar-refractivity contribution is 0.667. The number of benzene rings is 7. The van der Waals surface area contributed by atoms with Crippen LogP contribution in [0.4, 0.5) is 0 Å². The molecular weight excluding hydrogens is 671 g/mol. The van der Waals surface area contributed by atoms with Gasteiger partial charge >= 0.3 is 0 Å². The van der Waals surface area contributed by atoms with Crippen molar-refractivity contribution in [3.8, 4) is 22.3 Å². The highest BCUT2D eigenvalue weighted by molar-refractivity contribution is 6.22. The standard InChI is InChI=1S/C51H37N3O/c1-4-12-34(13-5-1)36-22-24-37(25-23-36)38-26-28-39(29-27-38)42-30-31-46-45(33-42)48-44(20-11-21-47(48)55-46)51-53-49(40-16-8-3-9-17-40)52-50(54-51)43-19-10-18-41(32-43)35-14-6-2-7-15-35/h1-26,28,30-33,49H,27,29H2,(H,52,53,54). The van der Waals surface area contributed by atoms with Crippen LogP contribution < -0.4 is 5.32 Å². The third-order valence-corrected chi connectivity index (χ3v) is 10.7. The van der Waals surface area contributed by atoms with Gasteiger partial charge < -0.3 is 9.73 Å². The maximum atomic E-state index is 6.49. The van der Waals surface area contributed by atoms with Crippen LogP contribution in [0.2, 0.25) is 0 Å². The summed E-state index contributed by atoms with van der Waals surface area (Å²) < 4.78 is 6.49. The van der Waals surface area contributed by atoms with Crippen LogP contribution in [0, 0.1) is 0 Å². The zero-order chi connectivity index (χ0) is 36.6. The van der Waals surface area contributed by atoms with E-state index in [9.17, 15) is 0 Å². The summed E-state index contributed by atoms with van der Waals surface area (Å²) in [6.07, 6.45) is 6.22. The van der Waals surface area contributed by atoms with E-state index in [0.717, 1.165) is 68.4 Å². The second kappa shape index (κ2) is 14.1. The van der Waals surface area contributed by atoms with Crippen molar-refractivity contribution < 1.29 is 4.42 Å². The van der Waals surface area contributed by atoms with Gasteiger partial charge in [-0.1, -0.05) is 164 Å². The molecule has 2 heterocycles. The van der Waals surface area contributed by atoms with E-state index in [0.29, 0.717) is 5.84 Å². The second-order valence-electron chi connectivity index (χ2n) is 14.1. The van der Waals surface area contributed by atoms with Gasteiger partial charge in [-0.3, -0.25) is 0 Å². The smallest absolute Gasteiger partial charge is 0.159 e. The molecule has 1 unspecified atom stereocenters. The molecule has 2 aliphatic rings. The lowest BCUT2D eigenvalue weighted by Gasteiger charge is -2.24. The minimum atomic E-state index is -0.309. The second-order valence-corrected chi connectivity index (χ2v) is 14.1. The number of hydrogen-bond acceptors (Lipinski definition) is 4. The van der Waals surface area contributed by atoms with E-state index in [4.69, 9.17) is 14.4 Å². The minimum Gasteiger partial charge on any atom is -0.456 e. The van der Waals surface area contributed by atoms with Gasteiger partial charge in [0.05, 0.1) is 0 Å². The van der Waals surface area contributed by atoms with E-state index < -0.39 is 0 Å². The van der Waals surface area contributed by atoms with E-state index in [1.54, 1.807) is 0 Å². The number of allylic oxidation sites excluding steroid dienone is 4. The Morgan fingerprint density at radius 1 is 0.473 bits per heavy atom. The van der Waals surface area contributed by atoms with Crippen LogP contribution in [0.1, 0.15) is 46.8 Å². The van der Waals surface area contributed by atoms with E-state index in [1.807, 2.05) is 24.3 Å². The first-order valence-corrected chi connectivity index (χ1v) is 18.9. The van der Waals surface area contributed by atoms with Crippen LogP contribution in [-0.4, -0.2) is 11.7 Å². The maximum absolute atomic E-state index is 6.49. The molecule has 55 heavy (non-hydrogen) atoms. The van der Waals surface area contributed by atoms with Gasteiger partial charge in [-0.05, 0) is 87.2 Å². The van der Waals surface area contributed by atoms with Gasteiger partial charge in [0.15, 0.2) is 5.84 Å². The predicted molar refractivity (Wildman–Crippen MR) is 228 cm³/mol. The van der Waals surface area contributed by atoms with Crippen LogP contribution in [0.15, 0.2) is 202 Å². The molecule has 8 aromatic rings. The number of fused-ring (bicyclic) bond motifs is 3. The fourth-order valence-corrected chi connectivity index (χ4v) is 7.84. The SMILES string of the molecule is C1=C(c2ccc(-c3ccccc3)cc2)CCC(c2ccc3oc4cccc(C5=NC(c6cccc(-c7ccccc7)c6)=NC(c6ccccc6)N5)c4c3c2)=C1. The lowest BCUT2D eigenvalue weighted by Crippen LogP contribution is -2.33. The van der Waals surface area contributed by atoms with Gasteiger partial charge in [0.1, 0.15) is 23.2 Å². The Morgan fingerprint density at radius 2 is 1.05 bits per heavy atom. The number of amidine groups is 2. The number of hydrogen-bond donors (Lipinski definition) is 1. The summed E-state index contributed by atoms with van der Waals surface area (Å²) in [6, 6.07) is 61.6. The molecule has 1 aliphatic heterocycles. The molecule has 7 aromatic carbocycles. The molecule has 1 aliphatic carbocycles. The van der Waals surface area contributed by atoms with Crippen LogP contribution in [0.25, 0.3) is 55.3 Å². The zero-order valence-corrected chi connectivity index (χ0v) is 30.2. The quantitative estimate of drug-likeness (QED) is 0.179. The number of aliphatic imine (C=N–C) groups is 2. The third kappa shape index (κ3) is 6.38. The number of rotatable bonds is 7. The summed E-state index contributed by atoms with van der Waals surface area (Å²) in [4.78, 5) is 10.4.